The number of aromatic nitrogens is 2. The Balaban J connectivity index is 2.11. The van der Waals surface area contributed by atoms with Gasteiger partial charge in [-0.15, -0.1) is 10.2 Å². The maximum Gasteiger partial charge on any atom is 0.157 e. The molecule has 118 valence electrons. The molecule has 0 unspecified atom stereocenters. The van der Waals surface area contributed by atoms with Gasteiger partial charge in [-0.2, -0.15) is 0 Å². The van der Waals surface area contributed by atoms with Crippen LogP contribution in [0, 0.1) is 0 Å². The standard InChI is InChI=1S/C15H18ClN3O3/c1-20-9-11-6-14(18-19-15(11)16)17-8-10-4-5-12(21-2)7-13(10)22-3/h4-7H,8-9H2,1-3H3,(H,17,18). The third-order valence-electron chi connectivity index (χ3n) is 3.08. The van der Waals surface area contributed by atoms with E-state index in [1.54, 1.807) is 21.3 Å². The average Bonchev–Trinajstić information content (AvgIpc) is 2.55. The van der Waals surface area contributed by atoms with Gasteiger partial charge < -0.3 is 19.5 Å². The van der Waals surface area contributed by atoms with E-state index < -0.39 is 0 Å². The highest BCUT2D eigenvalue weighted by Crippen LogP contribution is 2.25. The normalized spacial score (nSPS) is 10.4. The molecule has 0 radical (unpaired) electrons. The summed E-state index contributed by atoms with van der Waals surface area (Å²) in [4.78, 5) is 0. The van der Waals surface area contributed by atoms with E-state index >= 15 is 0 Å². The number of anilines is 1. The summed E-state index contributed by atoms with van der Waals surface area (Å²) in [6, 6.07) is 7.46. The summed E-state index contributed by atoms with van der Waals surface area (Å²) in [5, 5.41) is 11.4. The Morgan fingerprint density at radius 3 is 2.55 bits per heavy atom. The molecule has 0 saturated carbocycles. The van der Waals surface area contributed by atoms with Crippen molar-refractivity contribution >= 4 is 17.4 Å². The van der Waals surface area contributed by atoms with Gasteiger partial charge in [0.1, 0.15) is 17.3 Å². The number of hydrogen-bond acceptors (Lipinski definition) is 6. The fourth-order valence-corrected chi connectivity index (χ4v) is 2.09. The van der Waals surface area contributed by atoms with Crippen molar-refractivity contribution in [3.8, 4) is 11.5 Å². The van der Waals surface area contributed by atoms with Gasteiger partial charge in [0.05, 0.1) is 20.8 Å². The second kappa shape index (κ2) is 7.82. The van der Waals surface area contributed by atoms with E-state index in [9.17, 15) is 0 Å². The maximum atomic E-state index is 5.96. The minimum atomic E-state index is 0.342. The van der Waals surface area contributed by atoms with Gasteiger partial charge in [-0.3, -0.25) is 0 Å². The van der Waals surface area contributed by atoms with Crippen molar-refractivity contribution in [2.45, 2.75) is 13.2 Å². The van der Waals surface area contributed by atoms with E-state index in [-0.39, 0.29) is 0 Å². The van der Waals surface area contributed by atoms with Crippen LogP contribution in [-0.2, 0) is 17.9 Å². The van der Waals surface area contributed by atoms with Crippen molar-refractivity contribution in [2.24, 2.45) is 0 Å². The highest BCUT2D eigenvalue weighted by molar-refractivity contribution is 6.30. The van der Waals surface area contributed by atoms with E-state index in [1.807, 2.05) is 24.3 Å². The van der Waals surface area contributed by atoms with Crippen molar-refractivity contribution in [1.82, 2.24) is 10.2 Å². The number of halogens is 1. The van der Waals surface area contributed by atoms with E-state index in [0.29, 0.717) is 24.1 Å². The molecule has 22 heavy (non-hydrogen) atoms. The highest BCUT2D eigenvalue weighted by Gasteiger charge is 2.08. The Bertz CT molecular complexity index is 637. The van der Waals surface area contributed by atoms with Crippen LogP contribution in [0.1, 0.15) is 11.1 Å². The molecular formula is C15H18ClN3O3. The molecule has 0 amide bonds. The summed E-state index contributed by atoms with van der Waals surface area (Å²) in [5.74, 6) is 2.11. The molecule has 0 aliphatic heterocycles. The quantitative estimate of drug-likeness (QED) is 0.845. The molecule has 1 aromatic heterocycles. The third kappa shape index (κ3) is 3.99. The lowest BCUT2D eigenvalue weighted by Crippen LogP contribution is -2.05. The zero-order chi connectivity index (χ0) is 15.9. The molecule has 1 heterocycles. The number of benzene rings is 1. The SMILES string of the molecule is COCc1cc(NCc2ccc(OC)cc2OC)nnc1Cl. The summed E-state index contributed by atoms with van der Waals surface area (Å²) >= 11 is 5.96. The first-order valence-corrected chi connectivity index (χ1v) is 7.01. The molecule has 0 atom stereocenters. The number of methoxy groups -OCH3 is 3. The third-order valence-corrected chi connectivity index (χ3v) is 3.39. The van der Waals surface area contributed by atoms with Crippen LogP contribution in [0.15, 0.2) is 24.3 Å². The molecule has 0 fully saturated rings. The van der Waals surface area contributed by atoms with Gasteiger partial charge in [0.2, 0.25) is 0 Å². The Hall–Kier alpha value is -2.05. The maximum absolute atomic E-state index is 5.96. The first-order chi connectivity index (χ1) is 10.7. The summed E-state index contributed by atoms with van der Waals surface area (Å²) in [6.45, 7) is 0.921. The predicted octanol–water partition coefficient (Wildman–Crippen LogP) is 2.91. The highest BCUT2D eigenvalue weighted by atomic mass is 35.5. The van der Waals surface area contributed by atoms with Crippen LogP contribution < -0.4 is 14.8 Å². The molecule has 2 aromatic rings. The molecule has 0 aliphatic carbocycles. The van der Waals surface area contributed by atoms with Gasteiger partial charge in [-0.1, -0.05) is 11.6 Å². The average molecular weight is 324 g/mol. The first-order valence-electron chi connectivity index (χ1n) is 6.63. The number of nitrogens with zero attached hydrogens (tertiary/aromatic N) is 2. The monoisotopic (exact) mass is 323 g/mol. The molecule has 1 N–H and O–H groups in total. The molecule has 0 spiro atoms. The lowest BCUT2D eigenvalue weighted by Gasteiger charge is -2.12. The van der Waals surface area contributed by atoms with Gasteiger partial charge in [-0.25, -0.2) is 0 Å². The van der Waals surface area contributed by atoms with Gasteiger partial charge in [0.25, 0.3) is 0 Å². The summed E-state index contributed by atoms with van der Waals surface area (Å²) in [5.41, 5.74) is 1.76. The first kappa shape index (κ1) is 16.3. The Morgan fingerprint density at radius 1 is 1.05 bits per heavy atom. The molecule has 0 bridgehead atoms. The Kier molecular flexibility index (Phi) is 5.80. The van der Waals surface area contributed by atoms with Crippen LogP contribution >= 0.6 is 11.6 Å². The van der Waals surface area contributed by atoms with E-state index in [1.165, 1.54) is 0 Å². The van der Waals surface area contributed by atoms with Crippen molar-refractivity contribution in [2.75, 3.05) is 26.6 Å². The van der Waals surface area contributed by atoms with Crippen LogP contribution in [0.4, 0.5) is 5.82 Å². The fourth-order valence-electron chi connectivity index (χ4n) is 1.94. The largest absolute Gasteiger partial charge is 0.497 e. The van der Waals surface area contributed by atoms with Gasteiger partial charge in [-0.05, 0) is 18.2 Å². The summed E-state index contributed by atoms with van der Waals surface area (Å²) in [6.07, 6.45) is 0. The van der Waals surface area contributed by atoms with Crippen LogP contribution in [0.2, 0.25) is 5.15 Å². The molecule has 6 nitrogen and oxygen atoms in total. The lowest BCUT2D eigenvalue weighted by molar-refractivity contribution is 0.184. The van der Waals surface area contributed by atoms with E-state index in [0.717, 1.165) is 22.6 Å². The lowest BCUT2D eigenvalue weighted by atomic mass is 10.2. The molecule has 7 heteroatoms. The van der Waals surface area contributed by atoms with Crippen molar-refractivity contribution < 1.29 is 14.2 Å². The van der Waals surface area contributed by atoms with E-state index in [2.05, 4.69) is 15.5 Å². The number of rotatable bonds is 7. The zero-order valence-electron chi connectivity index (χ0n) is 12.7. The minimum absolute atomic E-state index is 0.342. The van der Waals surface area contributed by atoms with Crippen LogP contribution in [-0.4, -0.2) is 31.5 Å². The smallest absolute Gasteiger partial charge is 0.157 e. The van der Waals surface area contributed by atoms with Gasteiger partial charge in [0, 0.05) is 30.8 Å². The molecule has 1 aromatic carbocycles. The van der Waals surface area contributed by atoms with Gasteiger partial charge in [0.15, 0.2) is 5.15 Å². The second-order valence-electron chi connectivity index (χ2n) is 4.51. The fraction of sp³-hybridized carbons (Fsp3) is 0.333. The van der Waals surface area contributed by atoms with Crippen molar-refractivity contribution in [3.63, 3.8) is 0 Å². The minimum Gasteiger partial charge on any atom is -0.497 e. The van der Waals surface area contributed by atoms with Crippen LogP contribution in [0.25, 0.3) is 0 Å². The summed E-state index contributed by atoms with van der Waals surface area (Å²) in [7, 11) is 4.84. The zero-order valence-corrected chi connectivity index (χ0v) is 13.5. The van der Waals surface area contributed by atoms with Crippen LogP contribution in [0.5, 0.6) is 11.5 Å². The van der Waals surface area contributed by atoms with Gasteiger partial charge >= 0.3 is 0 Å². The van der Waals surface area contributed by atoms with E-state index in [4.69, 9.17) is 25.8 Å². The Labute approximate surface area is 134 Å². The number of hydrogen-bond donors (Lipinski definition) is 1. The molecule has 0 aliphatic rings. The topological polar surface area (TPSA) is 65.5 Å². The van der Waals surface area contributed by atoms with Crippen molar-refractivity contribution in [1.29, 1.82) is 0 Å². The Morgan fingerprint density at radius 2 is 1.86 bits per heavy atom. The molecular weight excluding hydrogens is 306 g/mol. The number of nitrogens with one attached hydrogen (secondary N) is 1. The number of ether oxygens (including phenoxy) is 3. The predicted molar refractivity (Wildman–Crippen MR) is 84.6 cm³/mol. The molecule has 2 rings (SSSR count). The van der Waals surface area contributed by atoms with Crippen LogP contribution in [0.3, 0.4) is 0 Å². The van der Waals surface area contributed by atoms with Crippen molar-refractivity contribution in [3.05, 3.63) is 40.5 Å². The molecule has 0 saturated heterocycles. The second-order valence-corrected chi connectivity index (χ2v) is 4.87. The summed E-state index contributed by atoms with van der Waals surface area (Å²) < 4.78 is 15.6.